The van der Waals surface area contributed by atoms with E-state index in [1.54, 1.807) is 23.1 Å². The van der Waals surface area contributed by atoms with Gasteiger partial charge in [-0.1, -0.05) is 23.4 Å². The normalized spacial score (nSPS) is 10.7. The van der Waals surface area contributed by atoms with Crippen LogP contribution >= 0.6 is 23.1 Å². The predicted octanol–water partition coefficient (Wildman–Crippen LogP) is 4.09. The number of thioether (sulfide) groups is 1. The number of hydrogen-bond donors (Lipinski definition) is 1. The molecule has 118 valence electrons. The standard InChI is InChI=1S/C16H15N3O2S2/c1-22-12-6-3-2-5-11(12)17-14(20)8-9-15-18-16(19-21-15)13-7-4-10-23-13/h2-7,10H,8-9H2,1H3,(H,17,20). The minimum absolute atomic E-state index is 0.0672. The molecule has 0 spiro atoms. The van der Waals surface area contributed by atoms with Crippen LogP contribution in [0.4, 0.5) is 5.69 Å². The molecule has 0 saturated carbocycles. The molecule has 0 aliphatic rings. The van der Waals surface area contributed by atoms with Crippen LogP contribution in [0.25, 0.3) is 10.7 Å². The van der Waals surface area contributed by atoms with Gasteiger partial charge in [-0.3, -0.25) is 4.79 Å². The molecule has 0 aliphatic heterocycles. The minimum Gasteiger partial charge on any atom is -0.339 e. The average Bonchev–Trinajstić information content (AvgIpc) is 3.24. The zero-order valence-corrected chi connectivity index (χ0v) is 14.1. The number of para-hydroxylation sites is 1. The van der Waals surface area contributed by atoms with Crippen LogP contribution in [0, 0.1) is 0 Å². The summed E-state index contributed by atoms with van der Waals surface area (Å²) in [4.78, 5) is 18.4. The number of anilines is 1. The summed E-state index contributed by atoms with van der Waals surface area (Å²) in [6, 6.07) is 11.6. The molecule has 1 aromatic carbocycles. The molecular formula is C16H15N3O2S2. The second-order valence-corrected chi connectivity index (χ2v) is 6.53. The number of nitrogens with one attached hydrogen (secondary N) is 1. The molecule has 2 aromatic heterocycles. The second-order valence-electron chi connectivity index (χ2n) is 4.74. The maximum atomic E-state index is 12.1. The van der Waals surface area contributed by atoms with E-state index in [2.05, 4.69) is 15.5 Å². The molecule has 7 heteroatoms. The molecular weight excluding hydrogens is 330 g/mol. The molecule has 0 aliphatic carbocycles. The van der Waals surface area contributed by atoms with Gasteiger partial charge in [0, 0.05) is 17.7 Å². The Bertz CT molecular complexity index is 784. The van der Waals surface area contributed by atoms with Gasteiger partial charge in [0.2, 0.25) is 17.6 Å². The van der Waals surface area contributed by atoms with Crippen LogP contribution < -0.4 is 5.32 Å². The molecule has 0 fully saturated rings. The fraction of sp³-hybridized carbons (Fsp3) is 0.188. The third-order valence-electron chi connectivity index (χ3n) is 3.16. The van der Waals surface area contributed by atoms with Crippen molar-refractivity contribution >= 4 is 34.7 Å². The third kappa shape index (κ3) is 4.00. The number of hydrogen-bond acceptors (Lipinski definition) is 6. The molecule has 23 heavy (non-hydrogen) atoms. The van der Waals surface area contributed by atoms with Crippen LogP contribution in [0.15, 0.2) is 51.2 Å². The number of aromatic nitrogens is 2. The lowest BCUT2D eigenvalue weighted by molar-refractivity contribution is -0.116. The van der Waals surface area contributed by atoms with E-state index in [0.29, 0.717) is 24.6 Å². The second kappa shape index (κ2) is 7.43. The lowest BCUT2D eigenvalue weighted by Crippen LogP contribution is -2.13. The number of benzene rings is 1. The predicted molar refractivity (Wildman–Crippen MR) is 92.8 cm³/mol. The van der Waals surface area contributed by atoms with E-state index in [0.717, 1.165) is 15.5 Å². The Kier molecular flexibility index (Phi) is 5.09. The monoisotopic (exact) mass is 345 g/mol. The number of thiophene rings is 1. The number of amides is 1. The van der Waals surface area contributed by atoms with Crippen LogP contribution in [0.3, 0.4) is 0 Å². The topological polar surface area (TPSA) is 68.0 Å². The van der Waals surface area contributed by atoms with E-state index in [4.69, 9.17) is 4.52 Å². The molecule has 2 heterocycles. The van der Waals surface area contributed by atoms with E-state index >= 15 is 0 Å². The van der Waals surface area contributed by atoms with Crippen LogP contribution in [0.1, 0.15) is 12.3 Å². The van der Waals surface area contributed by atoms with E-state index in [1.165, 1.54) is 0 Å². The Morgan fingerprint density at radius 2 is 2.17 bits per heavy atom. The molecule has 0 bridgehead atoms. The van der Waals surface area contributed by atoms with Gasteiger partial charge in [0.1, 0.15) is 0 Å². The smallest absolute Gasteiger partial charge is 0.227 e. The highest BCUT2D eigenvalue weighted by Crippen LogP contribution is 2.25. The fourth-order valence-electron chi connectivity index (χ4n) is 2.04. The summed E-state index contributed by atoms with van der Waals surface area (Å²) in [5.74, 6) is 0.979. The van der Waals surface area contributed by atoms with E-state index < -0.39 is 0 Å². The highest BCUT2D eigenvalue weighted by Gasteiger charge is 2.12. The molecule has 1 amide bonds. The van der Waals surface area contributed by atoms with Crippen molar-refractivity contribution in [2.45, 2.75) is 17.7 Å². The lowest BCUT2D eigenvalue weighted by Gasteiger charge is -2.08. The highest BCUT2D eigenvalue weighted by atomic mass is 32.2. The molecule has 3 rings (SSSR count). The number of rotatable bonds is 6. The largest absolute Gasteiger partial charge is 0.339 e. The molecule has 1 N–H and O–H groups in total. The van der Waals surface area contributed by atoms with Gasteiger partial charge in [-0.2, -0.15) is 4.98 Å². The summed E-state index contributed by atoms with van der Waals surface area (Å²) in [6.45, 7) is 0. The van der Waals surface area contributed by atoms with Gasteiger partial charge in [0.15, 0.2) is 0 Å². The Balaban J connectivity index is 1.57. The van der Waals surface area contributed by atoms with E-state index in [-0.39, 0.29) is 5.91 Å². The summed E-state index contributed by atoms with van der Waals surface area (Å²) in [7, 11) is 0. The Hall–Kier alpha value is -2.12. The van der Waals surface area contributed by atoms with Crippen molar-refractivity contribution in [1.29, 1.82) is 0 Å². The molecule has 0 unspecified atom stereocenters. The van der Waals surface area contributed by atoms with Crippen LogP contribution in [-0.4, -0.2) is 22.3 Å². The molecule has 0 radical (unpaired) electrons. The highest BCUT2D eigenvalue weighted by molar-refractivity contribution is 7.98. The summed E-state index contributed by atoms with van der Waals surface area (Å²) < 4.78 is 5.20. The molecule has 5 nitrogen and oxygen atoms in total. The van der Waals surface area contributed by atoms with Crippen molar-refractivity contribution in [2.24, 2.45) is 0 Å². The van der Waals surface area contributed by atoms with Crippen molar-refractivity contribution in [1.82, 2.24) is 10.1 Å². The molecule has 0 saturated heterocycles. The van der Waals surface area contributed by atoms with Crippen LogP contribution in [-0.2, 0) is 11.2 Å². The van der Waals surface area contributed by atoms with Gasteiger partial charge in [0.05, 0.1) is 10.6 Å². The SMILES string of the molecule is CSc1ccccc1NC(=O)CCc1nc(-c2cccs2)no1. The third-order valence-corrected chi connectivity index (χ3v) is 4.82. The fourth-order valence-corrected chi connectivity index (χ4v) is 3.25. The zero-order chi connectivity index (χ0) is 16.1. The number of nitrogens with zero attached hydrogens (tertiary/aromatic N) is 2. The van der Waals surface area contributed by atoms with Crippen LogP contribution in [0.5, 0.6) is 0 Å². The summed E-state index contributed by atoms with van der Waals surface area (Å²) in [5.41, 5.74) is 0.829. The summed E-state index contributed by atoms with van der Waals surface area (Å²) >= 11 is 3.15. The summed E-state index contributed by atoms with van der Waals surface area (Å²) in [6.07, 6.45) is 2.70. The molecule has 0 atom stereocenters. The number of aryl methyl sites for hydroxylation is 1. The Labute approximate surface area is 142 Å². The van der Waals surface area contributed by atoms with Crippen molar-refractivity contribution in [3.05, 3.63) is 47.7 Å². The maximum absolute atomic E-state index is 12.1. The lowest BCUT2D eigenvalue weighted by atomic mass is 10.2. The summed E-state index contributed by atoms with van der Waals surface area (Å²) in [5, 5.41) is 8.82. The van der Waals surface area contributed by atoms with Crippen molar-refractivity contribution in [2.75, 3.05) is 11.6 Å². The first-order valence-electron chi connectivity index (χ1n) is 7.05. The maximum Gasteiger partial charge on any atom is 0.227 e. The van der Waals surface area contributed by atoms with Gasteiger partial charge in [0.25, 0.3) is 0 Å². The number of carbonyl (C=O) groups is 1. The van der Waals surface area contributed by atoms with Gasteiger partial charge in [-0.05, 0) is 29.8 Å². The van der Waals surface area contributed by atoms with Gasteiger partial charge in [-0.25, -0.2) is 0 Å². The molecule has 3 aromatic rings. The van der Waals surface area contributed by atoms with Crippen molar-refractivity contribution in [3.63, 3.8) is 0 Å². The Morgan fingerprint density at radius 3 is 2.96 bits per heavy atom. The van der Waals surface area contributed by atoms with Gasteiger partial charge in [-0.15, -0.1) is 23.1 Å². The number of carbonyl (C=O) groups excluding carboxylic acids is 1. The first kappa shape index (κ1) is 15.8. The van der Waals surface area contributed by atoms with E-state index in [9.17, 15) is 4.79 Å². The van der Waals surface area contributed by atoms with Gasteiger partial charge < -0.3 is 9.84 Å². The van der Waals surface area contributed by atoms with Gasteiger partial charge >= 0.3 is 0 Å². The Morgan fingerprint density at radius 1 is 1.30 bits per heavy atom. The first-order valence-corrected chi connectivity index (χ1v) is 9.16. The quantitative estimate of drug-likeness (QED) is 0.682. The first-order chi connectivity index (χ1) is 11.3. The zero-order valence-electron chi connectivity index (χ0n) is 12.5. The van der Waals surface area contributed by atoms with Crippen LogP contribution in [0.2, 0.25) is 0 Å². The minimum atomic E-state index is -0.0672. The average molecular weight is 345 g/mol. The van der Waals surface area contributed by atoms with Crippen molar-refractivity contribution < 1.29 is 9.32 Å². The van der Waals surface area contributed by atoms with Crippen molar-refractivity contribution in [3.8, 4) is 10.7 Å². The van der Waals surface area contributed by atoms with E-state index in [1.807, 2.05) is 48.0 Å².